The normalized spacial score (nSPS) is 15.0. The summed E-state index contributed by atoms with van der Waals surface area (Å²) in [5, 5.41) is 8.91. The fraction of sp³-hybridized carbons (Fsp3) is 0.286. The van der Waals surface area contributed by atoms with Gasteiger partial charge in [-0.15, -0.1) is 10.2 Å². The standard InChI is InChI=1S/C21H21ClN4O2/c22-18-8-6-17(7-9-18)21(27)26-14-12-25(13-15-26)11-10-19-23-24-20(28-19)16-4-2-1-3-5-16/h1-9H,10-15H2. The third kappa shape index (κ3) is 4.40. The number of nitrogens with zero attached hydrogens (tertiary/aromatic N) is 4. The van der Waals surface area contributed by atoms with Gasteiger partial charge in [0, 0.05) is 55.3 Å². The maximum atomic E-state index is 12.6. The topological polar surface area (TPSA) is 62.5 Å². The van der Waals surface area contributed by atoms with Crippen LogP contribution < -0.4 is 0 Å². The van der Waals surface area contributed by atoms with E-state index >= 15 is 0 Å². The van der Waals surface area contributed by atoms with Crippen LogP contribution in [-0.4, -0.2) is 58.6 Å². The molecule has 0 saturated carbocycles. The molecule has 0 N–H and O–H groups in total. The number of amides is 1. The van der Waals surface area contributed by atoms with Gasteiger partial charge in [0.1, 0.15) is 0 Å². The number of hydrogen-bond acceptors (Lipinski definition) is 5. The predicted octanol–water partition coefficient (Wildman–Crippen LogP) is 3.39. The van der Waals surface area contributed by atoms with E-state index in [1.165, 1.54) is 0 Å². The van der Waals surface area contributed by atoms with Gasteiger partial charge in [0.2, 0.25) is 11.8 Å². The number of carbonyl (C=O) groups is 1. The lowest BCUT2D eigenvalue weighted by Crippen LogP contribution is -2.49. The highest BCUT2D eigenvalue weighted by Crippen LogP contribution is 2.17. The predicted molar refractivity (Wildman–Crippen MR) is 107 cm³/mol. The Balaban J connectivity index is 1.26. The third-order valence-electron chi connectivity index (χ3n) is 4.88. The second-order valence-electron chi connectivity index (χ2n) is 6.76. The summed E-state index contributed by atoms with van der Waals surface area (Å²) in [7, 11) is 0. The second kappa shape index (κ2) is 8.54. The van der Waals surface area contributed by atoms with Crippen molar-refractivity contribution in [2.24, 2.45) is 0 Å². The van der Waals surface area contributed by atoms with Crippen LogP contribution >= 0.6 is 11.6 Å². The van der Waals surface area contributed by atoms with Crippen molar-refractivity contribution in [2.75, 3.05) is 32.7 Å². The molecule has 3 aromatic rings. The van der Waals surface area contributed by atoms with Gasteiger partial charge in [0.15, 0.2) is 0 Å². The zero-order valence-corrected chi connectivity index (χ0v) is 16.2. The summed E-state index contributed by atoms with van der Waals surface area (Å²) in [4.78, 5) is 16.8. The molecule has 6 nitrogen and oxygen atoms in total. The smallest absolute Gasteiger partial charge is 0.253 e. The van der Waals surface area contributed by atoms with Crippen molar-refractivity contribution in [3.05, 3.63) is 71.1 Å². The molecule has 1 aromatic heterocycles. The quantitative estimate of drug-likeness (QED) is 0.661. The molecule has 2 heterocycles. The first-order chi connectivity index (χ1) is 13.7. The third-order valence-corrected chi connectivity index (χ3v) is 5.13. The zero-order chi connectivity index (χ0) is 19.3. The maximum Gasteiger partial charge on any atom is 0.253 e. The summed E-state index contributed by atoms with van der Waals surface area (Å²) in [6, 6.07) is 16.8. The van der Waals surface area contributed by atoms with E-state index in [-0.39, 0.29) is 5.91 Å². The first kappa shape index (κ1) is 18.7. The molecule has 0 bridgehead atoms. The van der Waals surface area contributed by atoms with Crippen molar-refractivity contribution in [3.8, 4) is 11.5 Å². The summed E-state index contributed by atoms with van der Waals surface area (Å²) in [5.74, 6) is 1.24. The number of rotatable bonds is 5. The van der Waals surface area contributed by atoms with Crippen LogP contribution in [0, 0.1) is 0 Å². The number of hydrogen-bond donors (Lipinski definition) is 0. The van der Waals surface area contributed by atoms with Crippen molar-refractivity contribution in [2.45, 2.75) is 6.42 Å². The Morgan fingerprint density at radius 1 is 0.964 bits per heavy atom. The molecule has 144 valence electrons. The molecule has 7 heteroatoms. The van der Waals surface area contributed by atoms with E-state index in [4.69, 9.17) is 16.0 Å². The SMILES string of the molecule is O=C(c1ccc(Cl)cc1)N1CCN(CCc2nnc(-c3ccccc3)o2)CC1. The number of aromatic nitrogens is 2. The summed E-state index contributed by atoms with van der Waals surface area (Å²) < 4.78 is 5.76. The Hall–Kier alpha value is -2.70. The molecule has 1 fully saturated rings. The van der Waals surface area contributed by atoms with Gasteiger partial charge in [-0.1, -0.05) is 29.8 Å². The molecule has 2 aromatic carbocycles. The van der Waals surface area contributed by atoms with E-state index in [1.54, 1.807) is 24.3 Å². The Morgan fingerprint density at radius 2 is 1.68 bits per heavy atom. The van der Waals surface area contributed by atoms with Crippen LogP contribution in [0.15, 0.2) is 59.0 Å². The van der Waals surface area contributed by atoms with E-state index in [1.807, 2.05) is 35.2 Å². The monoisotopic (exact) mass is 396 g/mol. The van der Waals surface area contributed by atoms with E-state index in [0.717, 1.165) is 25.2 Å². The molecule has 0 radical (unpaired) electrons. The van der Waals surface area contributed by atoms with Crippen molar-refractivity contribution in [3.63, 3.8) is 0 Å². The van der Waals surface area contributed by atoms with Crippen LogP contribution in [0.4, 0.5) is 0 Å². The Labute approximate surface area is 168 Å². The van der Waals surface area contributed by atoms with Crippen LogP contribution in [0.3, 0.4) is 0 Å². The van der Waals surface area contributed by atoms with Gasteiger partial charge >= 0.3 is 0 Å². The van der Waals surface area contributed by atoms with Gasteiger partial charge < -0.3 is 9.32 Å². The summed E-state index contributed by atoms with van der Waals surface area (Å²) >= 11 is 5.89. The van der Waals surface area contributed by atoms with E-state index < -0.39 is 0 Å². The maximum absolute atomic E-state index is 12.6. The highest BCUT2D eigenvalue weighted by Gasteiger charge is 2.22. The van der Waals surface area contributed by atoms with E-state index in [2.05, 4.69) is 15.1 Å². The van der Waals surface area contributed by atoms with Crippen LogP contribution in [0.2, 0.25) is 5.02 Å². The molecular weight excluding hydrogens is 376 g/mol. The lowest BCUT2D eigenvalue weighted by molar-refractivity contribution is 0.0636. The first-order valence-electron chi connectivity index (χ1n) is 9.34. The summed E-state index contributed by atoms with van der Waals surface area (Å²) in [5.41, 5.74) is 1.60. The van der Waals surface area contributed by atoms with Crippen molar-refractivity contribution in [1.82, 2.24) is 20.0 Å². The van der Waals surface area contributed by atoms with Crippen LogP contribution in [0.25, 0.3) is 11.5 Å². The molecule has 1 aliphatic heterocycles. The minimum absolute atomic E-state index is 0.0562. The highest BCUT2D eigenvalue weighted by atomic mass is 35.5. The molecule has 0 spiro atoms. The average Bonchev–Trinajstić information content (AvgIpc) is 3.22. The molecule has 4 rings (SSSR count). The minimum atomic E-state index is 0.0562. The molecular formula is C21H21ClN4O2. The first-order valence-corrected chi connectivity index (χ1v) is 9.72. The number of carbonyl (C=O) groups excluding carboxylic acids is 1. The summed E-state index contributed by atoms with van der Waals surface area (Å²) in [6.45, 7) is 3.92. The molecule has 1 aliphatic rings. The lowest BCUT2D eigenvalue weighted by atomic mass is 10.2. The van der Waals surface area contributed by atoms with Gasteiger partial charge in [-0.3, -0.25) is 9.69 Å². The molecule has 1 amide bonds. The van der Waals surface area contributed by atoms with Gasteiger partial charge in [0.05, 0.1) is 0 Å². The second-order valence-corrected chi connectivity index (χ2v) is 7.19. The van der Waals surface area contributed by atoms with Gasteiger partial charge in [0.25, 0.3) is 5.91 Å². The lowest BCUT2D eigenvalue weighted by Gasteiger charge is -2.34. The highest BCUT2D eigenvalue weighted by molar-refractivity contribution is 6.30. The number of benzene rings is 2. The molecule has 0 aliphatic carbocycles. The number of piperazine rings is 1. The number of halogens is 1. The van der Waals surface area contributed by atoms with E-state index in [9.17, 15) is 4.79 Å². The van der Waals surface area contributed by atoms with Crippen molar-refractivity contribution < 1.29 is 9.21 Å². The summed E-state index contributed by atoms with van der Waals surface area (Å²) in [6.07, 6.45) is 0.699. The molecule has 0 unspecified atom stereocenters. The van der Waals surface area contributed by atoms with Crippen molar-refractivity contribution >= 4 is 17.5 Å². The van der Waals surface area contributed by atoms with Gasteiger partial charge in [-0.25, -0.2) is 0 Å². The van der Waals surface area contributed by atoms with Gasteiger partial charge in [-0.05, 0) is 36.4 Å². The Kier molecular flexibility index (Phi) is 5.69. The molecule has 28 heavy (non-hydrogen) atoms. The Morgan fingerprint density at radius 3 is 2.39 bits per heavy atom. The van der Waals surface area contributed by atoms with Crippen LogP contribution in [0.5, 0.6) is 0 Å². The van der Waals surface area contributed by atoms with Gasteiger partial charge in [-0.2, -0.15) is 0 Å². The fourth-order valence-corrected chi connectivity index (χ4v) is 3.38. The fourth-order valence-electron chi connectivity index (χ4n) is 3.26. The Bertz CT molecular complexity index is 919. The molecule has 1 saturated heterocycles. The van der Waals surface area contributed by atoms with Crippen LogP contribution in [-0.2, 0) is 6.42 Å². The van der Waals surface area contributed by atoms with Crippen LogP contribution in [0.1, 0.15) is 16.2 Å². The minimum Gasteiger partial charge on any atom is -0.421 e. The van der Waals surface area contributed by atoms with E-state index in [0.29, 0.717) is 41.9 Å². The zero-order valence-electron chi connectivity index (χ0n) is 15.4. The average molecular weight is 397 g/mol. The molecule has 0 atom stereocenters. The largest absolute Gasteiger partial charge is 0.421 e. The van der Waals surface area contributed by atoms with Crippen molar-refractivity contribution in [1.29, 1.82) is 0 Å².